The van der Waals surface area contributed by atoms with E-state index in [9.17, 15) is 9.90 Å². The number of phenolic OH excluding ortho intramolecular Hbond substituents is 1. The standard InChI is InChI=1S/C11H14O4/c1-7(11(13)14)5-8-3-4-10(15-2)9(12)6-8/h3-4,6-7,12H,5H2,1-2H3,(H,13,14). The second-order valence-electron chi connectivity index (χ2n) is 3.45. The Hall–Kier alpha value is -1.71. The fraction of sp³-hybridized carbons (Fsp3) is 0.364. The summed E-state index contributed by atoms with van der Waals surface area (Å²) in [5.74, 6) is -0.877. The van der Waals surface area contributed by atoms with E-state index < -0.39 is 11.9 Å². The number of hydrogen-bond acceptors (Lipinski definition) is 3. The van der Waals surface area contributed by atoms with Gasteiger partial charge in [-0.05, 0) is 24.1 Å². The van der Waals surface area contributed by atoms with Gasteiger partial charge in [-0.15, -0.1) is 0 Å². The minimum Gasteiger partial charge on any atom is -0.504 e. The van der Waals surface area contributed by atoms with Crippen LogP contribution < -0.4 is 4.74 Å². The molecule has 0 aliphatic rings. The molecule has 0 saturated carbocycles. The van der Waals surface area contributed by atoms with Crippen LogP contribution in [-0.4, -0.2) is 23.3 Å². The fourth-order valence-corrected chi connectivity index (χ4v) is 1.30. The quantitative estimate of drug-likeness (QED) is 0.793. The zero-order valence-electron chi connectivity index (χ0n) is 8.73. The van der Waals surface area contributed by atoms with Gasteiger partial charge in [0.05, 0.1) is 13.0 Å². The van der Waals surface area contributed by atoms with Gasteiger partial charge in [-0.25, -0.2) is 0 Å². The highest BCUT2D eigenvalue weighted by molar-refractivity contribution is 5.70. The second-order valence-corrected chi connectivity index (χ2v) is 3.45. The predicted molar refractivity (Wildman–Crippen MR) is 55.2 cm³/mol. The van der Waals surface area contributed by atoms with E-state index >= 15 is 0 Å². The molecule has 0 aliphatic carbocycles. The third-order valence-electron chi connectivity index (χ3n) is 2.21. The van der Waals surface area contributed by atoms with Crippen molar-refractivity contribution in [2.24, 2.45) is 5.92 Å². The van der Waals surface area contributed by atoms with Gasteiger partial charge < -0.3 is 14.9 Å². The normalized spacial score (nSPS) is 12.1. The van der Waals surface area contributed by atoms with Crippen molar-refractivity contribution in [1.82, 2.24) is 0 Å². The number of hydrogen-bond donors (Lipinski definition) is 2. The third-order valence-corrected chi connectivity index (χ3v) is 2.21. The number of carboxylic acid groups (broad SMARTS) is 1. The van der Waals surface area contributed by atoms with E-state index in [0.29, 0.717) is 12.2 Å². The Kier molecular flexibility index (Phi) is 3.55. The molecule has 1 aromatic carbocycles. The lowest BCUT2D eigenvalue weighted by molar-refractivity contribution is -0.141. The maximum Gasteiger partial charge on any atom is 0.306 e. The highest BCUT2D eigenvalue weighted by atomic mass is 16.5. The van der Waals surface area contributed by atoms with Crippen LogP contribution in [0.15, 0.2) is 18.2 Å². The van der Waals surface area contributed by atoms with Crippen molar-refractivity contribution in [2.75, 3.05) is 7.11 Å². The van der Waals surface area contributed by atoms with Gasteiger partial charge in [0.15, 0.2) is 11.5 Å². The predicted octanol–water partition coefficient (Wildman–Crippen LogP) is 1.66. The molecule has 1 rings (SSSR count). The van der Waals surface area contributed by atoms with Crippen LogP contribution >= 0.6 is 0 Å². The average Bonchev–Trinajstić information content (AvgIpc) is 2.18. The van der Waals surface area contributed by atoms with Gasteiger partial charge in [0.1, 0.15) is 0 Å². The molecule has 82 valence electrons. The van der Waals surface area contributed by atoms with E-state index in [1.165, 1.54) is 13.2 Å². The summed E-state index contributed by atoms with van der Waals surface area (Å²) in [4.78, 5) is 10.6. The lowest BCUT2D eigenvalue weighted by Crippen LogP contribution is -2.12. The molecule has 0 aromatic heterocycles. The van der Waals surface area contributed by atoms with Crippen LogP contribution in [-0.2, 0) is 11.2 Å². The lowest BCUT2D eigenvalue weighted by atomic mass is 10.0. The number of benzene rings is 1. The first-order chi connectivity index (χ1) is 7.04. The molecule has 0 aliphatic heterocycles. The number of carboxylic acids is 1. The topological polar surface area (TPSA) is 66.8 Å². The molecule has 0 fully saturated rings. The Morgan fingerprint density at radius 2 is 2.20 bits per heavy atom. The van der Waals surface area contributed by atoms with E-state index in [2.05, 4.69) is 0 Å². The lowest BCUT2D eigenvalue weighted by Gasteiger charge is -2.08. The Balaban J connectivity index is 2.79. The highest BCUT2D eigenvalue weighted by Crippen LogP contribution is 2.27. The monoisotopic (exact) mass is 210 g/mol. The summed E-state index contributed by atoms with van der Waals surface area (Å²) in [6.07, 6.45) is 0.396. The van der Waals surface area contributed by atoms with Crippen molar-refractivity contribution in [2.45, 2.75) is 13.3 Å². The molecular weight excluding hydrogens is 196 g/mol. The summed E-state index contributed by atoms with van der Waals surface area (Å²) >= 11 is 0. The number of aromatic hydroxyl groups is 1. The molecule has 1 atom stereocenters. The van der Waals surface area contributed by atoms with E-state index in [0.717, 1.165) is 5.56 Å². The van der Waals surface area contributed by atoms with Crippen molar-refractivity contribution >= 4 is 5.97 Å². The molecule has 4 heteroatoms. The molecule has 15 heavy (non-hydrogen) atoms. The molecule has 0 amide bonds. The number of carbonyl (C=O) groups is 1. The van der Waals surface area contributed by atoms with Crippen molar-refractivity contribution < 1.29 is 19.7 Å². The van der Waals surface area contributed by atoms with Crippen LogP contribution in [0.25, 0.3) is 0 Å². The number of methoxy groups -OCH3 is 1. The summed E-state index contributed by atoms with van der Waals surface area (Å²) in [7, 11) is 1.47. The van der Waals surface area contributed by atoms with Gasteiger partial charge in [0.25, 0.3) is 0 Å². The molecule has 0 spiro atoms. The van der Waals surface area contributed by atoms with Crippen molar-refractivity contribution in [1.29, 1.82) is 0 Å². The van der Waals surface area contributed by atoms with Crippen LogP contribution in [0.5, 0.6) is 11.5 Å². The summed E-state index contributed by atoms with van der Waals surface area (Å²) in [6, 6.07) is 4.90. The summed E-state index contributed by atoms with van der Waals surface area (Å²) in [5.41, 5.74) is 0.781. The van der Waals surface area contributed by atoms with Gasteiger partial charge in [-0.2, -0.15) is 0 Å². The molecule has 0 heterocycles. The van der Waals surface area contributed by atoms with E-state index in [4.69, 9.17) is 9.84 Å². The second kappa shape index (κ2) is 4.68. The van der Waals surface area contributed by atoms with Crippen molar-refractivity contribution in [3.05, 3.63) is 23.8 Å². The minimum absolute atomic E-state index is 0.0348. The average molecular weight is 210 g/mol. The number of rotatable bonds is 4. The van der Waals surface area contributed by atoms with Crippen LogP contribution in [0.2, 0.25) is 0 Å². The molecule has 4 nitrogen and oxygen atoms in total. The van der Waals surface area contributed by atoms with Gasteiger partial charge in [0, 0.05) is 0 Å². The van der Waals surface area contributed by atoms with E-state index in [1.807, 2.05) is 0 Å². The van der Waals surface area contributed by atoms with Crippen molar-refractivity contribution in [3.63, 3.8) is 0 Å². The zero-order valence-corrected chi connectivity index (χ0v) is 8.73. The van der Waals surface area contributed by atoms with E-state index in [-0.39, 0.29) is 5.75 Å². The van der Waals surface area contributed by atoms with Crippen LogP contribution in [0.3, 0.4) is 0 Å². The minimum atomic E-state index is -0.842. The third kappa shape index (κ3) is 2.87. The first-order valence-corrected chi connectivity index (χ1v) is 4.63. The van der Waals surface area contributed by atoms with E-state index in [1.54, 1.807) is 19.1 Å². The van der Waals surface area contributed by atoms with Gasteiger partial charge in [-0.1, -0.05) is 13.0 Å². The smallest absolute Gasteiger partial charge is 0.306 e. The molecule has 0 radical (unpaired) electrons. The molecule has 1 unspecified atom stereocenters. The maximum atomic E-state index is 10.6. The Bertz CT molecular complexity index is 360. The first-order valence-electron chi connectivity index (χ1n) is 4.63. The zero-order chi connectivity index (χ0) is 11.4. The summed E-state index contributed by atoms with van der Waals surface area (Å²) in [5, 5.41) is 18.2. The molecule has 0 saturated heterocycles. The SMILES string of the molecule is COc1ccc(CC(C)C(=O)O)cc1O. The number of phenols is 1. The van der Waals surface area contributed by atoms with Gasteiger partial charge >= 0.3 is 5.97 Å². The first kappa shape index (κ1) is 11.4. The fourth-order valence-electron chi connectivity index (χ4n) is 1.30. The van der Waals surface area contributed by atoms with Gasteiger partial charge in [0.2, 0.25) is 0 Å². The molecule has 1 aromatic rings. The highest BCUT2D eigenvalue weighted by Gasteiger charge is 2.12. The van der Waals surface area contributed by atoms with Crippen LogP contribution in [0.4, 0.5) is 0 Å². The molecule has 2 N–H and O–H groups in total. The molecule has 0 bridgehead atoms. The summed E-state index contributed by atoms with van der Waals surface area (Å²) < 4.78 is 4.89. The Morgan fingerprint density at radius 3 is 2.67 bits per heavy atom. The van der Waals surface area contributed by atoms with Crippen LogP contribution in [0, 0.1) is 5.92 Å². The van der Waals surface area contributed by atoms with Crippen molar-refractivity contribution in [3.8, 4) is 11.5 Å². The number of aliphatic carboxylic acids is 1. The maximum absolute atomic E-state index is 10.6. The van der Waals surface area contributed by atoms with Gasteiger partial charge in [-0.3, -0.25) is 4.79 Å². The Morgan fingerprint density at radius 1 is 1.53 bits per heavy atom. The van der Waals surface area contributed by atoms with Crippen LogP contribution in [0.1, 0.15) is 12.5 Å². The largest absolute Gasteiger partial charge is 0.504 e. The Labute approximate surface area is 88.1 Å². The summed E-state index contributed by atoms with van der Waals surface area (Å²) in [6.45, 7) is 1.63. The number of ether oxygens (including phenoxy) is 1. The molecular formula is C11H14O4.